The van der Waals surface area contributed by atoms with E-state index in [-0.39, 0.29) is 24.1 Å². The Bertz CT molecular complexity index is 1140. The largest absolute Gasteiger partial charge is 0.484 e. The Labute approximate surface area is 170 Å². The van der Waals surface area contributed by atoms with E-state index in [4.69, 9.17) is 9.26 Å². The van der Waals surface area contributed by atoms with Crippen LogP contribution in [0.25, 0.3) is 22.8 Å². The van der Waals surface area contributed by atoms with Gasteiger partial charge in [-0.05, 0) is 72.8 Å². The SMILES string of the molecule is O=C(COc1ccc(F)cc1)Nc1ccc(-c2nc(-c3ccc(F)cc3)no2)cc1. The van der Waals surface area contributed by atoms with Gasteiger partial charge in [-0.25, -0.2) is 8.78 Å². The minimum Gasteiger partial charge on any atom is -0.484 e. The van der Waals surface area contributed by atoms with E-state index in [0.717, 1.165) is 0 Å². The highest BCUT2D eigenvalue weighted by Gasteiger charge is 2.11. The summed E-state index contributed by atoms with van der Waals surface area (Å²) in [6.45, 7) is -0.210. The first-order chi connectivity index (χ1) is 14.6. The Hall–Kier alpha value is -4.07. The molecule has 0 unspecified atom stereocenters. The summed E-state index contributed by atoms with van der Waals surface area (Å²) in [5.41, 5.74) is 1.86. The number of nitrogens with zero attached hydrogens (tertiary/aromatic N) is 2. The van der Waals surface area contributed by atoms with Crippen molar-refractivity contribution >= 4 is 11.6 Å². The summed E-state index contributed by atoms with van der Waals surface area (Å²) >= 11 is 0. The molecule has 4 aromatic rings. The summed E-state index contributed by atoms with van der Waals surface area (Å²) in [6, 6.07) is 18.0. The molecule has 0 aliphatic carbocycles. The fraction of sp³-hybridized carbons (Fsp3) is 0.0455. The van der Waals surface area contributed by atoms with E-state index in [0.29, 0.717) is 34.3 Å². The number of carbonyl (C=O) groups is 1. The van der Waals surface area contributed by atoms with Gasteiger partial charge in [0.15, 0.2) is 6.61 Å². The van der Waals surface area contributed by atoms with E-state index in [1.807, 2.05) is 0 Å². The third-order valence-corrected chi connectivity index (χ3v) is 4.13. The Morgan fingerprint density at radius 2 is 1.47 bits per heavy atom. The number of rotatable bonds is 6. The van der Waals surface area contributed by atoms with Crippen LogP contribution in [0.4, 0.5) is 14.5 Å². The average Bonchev–Trinajstić information content (AvgIpc) is 3.25. The number of benzene rings is 3. The van der Waals surface area contributed by atoms with Crippen LogP contribution in [-0.2, 0) is 4.79 Å². The minimum absolute atomic E-state index is 0.210. The number of amides is 1. The molecule has 1 heterocycles. The van der Waals surface area contributed by atoms with Gasteiger partial charge in [0.25, 0.3) is 11.8 Å². The van der Waals surface area contributed by atoms with Crippen molar-refractivity contribution in [3.05, 3.63) is 84.4 Å². The van der Waals surface area contributed by atoms with Crippen molar-refractivity contribution in [2.75, 3.05) is 11.9 Å². The van der Waals surface area contributed by atoms with Crippen molar-refractivity contribution in [3.63, 3.8) is 0 Å². The monoisotopic (exact) mass is 407 g/mol. The summed E-state index contributed by atoms with van der Waals surface area (Å²) in [4.78, 5) is 16.3. The Morgan fingerprint density at radius 3 is 2.13 bits per heavy atom. The molecule has 1 aromatic heterocycles. The number of nitrogens with one attached hydrogen (secondary N) is 1. The van der Waals surface area contributed by atoms with Gasteiger partial charge >= 0.3 is 0 Å². The highest BCUT2D eigenvalue weighted by Crippen LogP contribution is 2.23. The van der Waals surface area contributed by atoms with Gasteiger partial charge in [0, 0.05) is 16.8 Å². The molecule has 30 heavy (non-hydrogen) atoms. The maximum absolute atomic E-state index is 13.0. The zero-order valence-corrected chi connectivity index (χ0v) is 15.5. The summed E-state index contributed by atoms with van der Waals surface area (Å²) in [7, 11) is 0. The van der Waals surface area contributed by atoms with Crippen molar-refractivity contribution in [3.8, 4) is 28.6 Å². The fourth-order valence-electron chi connectivity index (χ4n) is 2.63. The number of halogens is 2. The smallest absolute Gasteiger partial charge is 0.262 e. The second-order valence-corrected chi connectivity index (χ2v) is 6.30. The molecule has 6 nitrogen and oxygen atoms in total. The molecule has 8 heteroatoms. The van der Waals surface area contributed by atoms with E-state index in [1.165, 1.54) is 36.4 Å². The lowest BCUT2D eigenvalue weighted by molar-refractivity contribution is -0.118. The number of carbonyl (C=O) groups excluding carboxylic acids is 1. The van der Waals surface area contributed by atoms with E-state index in [2.05, 4.69) is 15.5 Å². The van der Waals surface area contributed by atoms with Crippen molar-refractivity contribution in [1.82, 2.24) is 10.1 Å². The second-order valence-electron chi connectivity index (χ2n) is 6.30. The van der Waals surface area contributed by atoms with Crippen LogP contribution in [0.3, 0.4) is 0 Å². The number of ether oxygens (including phenoxy) is 1. The Kier molecular flexibility index (Phi) is 5.47. The molecule has 1 N–H and O–H groups in total. The van der Waals surface area contributed by atoms with Gasteiger partial charge in [-0.3, -0.25) is 4.79 Å². The number of hydrogen-bond donors (Lipinski definition) is 1. The summed E-state index contributed by atoms with van der Waals surface area (Å²) in [5.74, 6) is -0.0352. The van der Waals surface area contributed by atoms with Gasteiger partial charge in [-0.1, -0.05) is 5.16 Å². The first kappa shape index (κ1) is 19.3. The van der Waals surface area contributed by atoms with E-state index in [1.54, 1.807) is 36.4 Å². The molecule has 4 rings (SSSR count). The van der Waals surface area contributed by atoms with Gasteiger partial charge < -0.3 is 14.6 Å². The van der Waals surface area contributed by atoms with Crippen LogP contribution < -0.4 is 10.1 Å². The lowest BCUT2D eigenvalue weighted by atomic mass is 10.2. The van der Waals surface area contributed by atoms with Crippen LogP contribution in [0.15, 0.2) is 77.3 Å². The zero-order chi connectivity index (χ0) is 20.9. The molecule has 150 valence electrons. The number of aromatic nitrogens is 2. The third-order valence-electron chi connectivity index (χ3n) is 4.13. The molecule has 0 radical (unpaired) electrons. The van der Waals surface area contributed by atoms with Gasteiger partial charge in [0.1, 0.15) is 17.4 Å². The topological polar surface area (TPSA) is 77.2 Å². The molecular formula is C22H15F2N3O3. The van der Waals surface area contributed by atoms with E-state index >= 15 is 0 Å². The van der Waals surface area contributed by atoms with Gasteiger partial charge in [0.05, 0.1) is 0 Å². The molecule has 0 saturated heterocycles. The average molecular weight is 407 g/mol. The van der Waals surface area contributed by atoms with Crippen molar-refractivity contribution in [2.24, 2.45) is 0 Å². The lowest BCUT2D eigenvalue weighted by Crippen LogP contribution is -2.20. The number of anilines is 1. The maximum atomic E-state index is 13.0. The molecule has 0 saturated carbocycles. The lowest BCUT2D eigenvalue weighted by Gasteiger charge is -2.07. The normalized spacial score (nSPS) is 10.6. The molecule has 3 aromatic carbocycles. The van der Waals surface area contributed by atoms with E-state index in [9.17, 15) is 13.6 Å². The second kappa shape index (κ2) is 8.52. The maximum Gasteiger partial charge on any atom is 0.262 e. The summed E-state index contributed by atoms with van der Waals surface area (Å²) in [6.07, 6.45) is 0. The highest BCUT2D eigenvalue weighted by atomic mass is 19.1. The minimum atomic E-state index is -0.377. The van der Waals surface area contributed by atoms with E-state index < -0.39 is 0 Å². The van der Waals surface area contributed by atoms with Crippen molar-refractivity contribution < 1.29 is 22.8 Å². The molecule has 0 atom stereocenters. The predicted octanol–water partition coefficient (Wildman–Crippen LogP) is 4.70. The van der Waals surface area contributed by atoms with Crippen LogP contribution in [0.2, 0.25) is 0 Å². The molecular weight excluding hydrogens is 392 g/mol. The van der Waals surface area contributed by atoms with Crippen LogP contribution >= 0.6 is 0 Å². The molecule has 1 amide bonds. The molecule has 0 fully saturated rings. The predicted molar refractivity (Wildman–Crippen MR) is 106 cm³/mol. The third kappa shape index (κ3) is 4.67. The molecule has 0 bridgehead atoms. The Morgan fingerprint density at radius 1 is 0.867 bits per heavy atom. The number of hydrogen-bond acceptors (Lipinski definition) is 5. The summed E-state index contributed by atoms with van der Waals surface area (Å²) in [5, 5.41) is 6.60. The molecule has 0 aliphatic rings. The highest BCUT2D eigenvalue weighted by molar-refractivity contribution is 5.92. The quantitative estimate of drug-likeness (QED) is 0.501. The van der Waals surface area contributed by atoms with Crippen molar-refractivity contribution in [2.45, 2.75) is 0 Å². The summed E-state index contributed by atoms with van der Waals surface area (Å²) < 4.78 is 36.5. The van der Waals surface area contributed by atoms with Crippen LogP contribution in [0, 0.1) is 11.6 Å². The van der Waals surface area contributed by atoms with Crippen LogP contribution in [0.5, 0.6) is 5.75 Å². The zero-order valence-electron chi connectivity index (χ0n) is 15.5. The van der Waals surface area contributed by atoms with Crippen LogP contribution in [0.1, 0.15) is 0 Å². The first-order valence-electron chi connectivity index (χ1n) is 8.95. The van der Waals surface area contributed by atoms with Gasteiger partial charge in [-0.2, -0.15) is 4.98 Å². The van der Waals surface area contributed by atoms with Gasteiger partial charge in [0.2, 0.25) is 5.82 Å². The van der Waals surface area contributed by atoms with Crippen LogP contribution in [-0.4, -0.2) is 22.7 Å². The molecule has 0 aliphatic heterocycles. The molecule has 0 spiro atoms. The first-order valence-corrected chi connectivity index (χ1v) is 8.95. The van der Waals surface area contributed by atoms with Gasteiger partial charge in [-0.15, -0.1) is 0 Å². The Balaban J connectivity index is 1.36. The fourth-order valence-corrected chi connectivity index (χ4v) is 2.63. The standard InChI is InChI=1S/C22H15F2N3O3/c23-16-5-1-14(2-6-16)21-26-22(30-27-21)15-3-9-18(10-4-15)25-20(28)13-29-19-11-7-17(24)8-12-19/h1-12H,13H2,(H,25,28). The van der Waals surface area contributed by atoms with Crippen molar-refractivity contribution in [1.29, 1.82) is 0 Å².